The van der Waals surface area contributed by atoms with Gasteiger partial charge in [-0.3, -0.25) is 4.79 Å². The van der Waals surface area contributed by atoms with Crippen molar-refractivity contribution in [3.8, 4) is 0 Å². The lowest BCUT2D eigenvalue weighted by atomic mass is 9.93. The average Bonchev–Trinajstić information content (AvgIpc) is 2.97. The molecule has 1 aromatic heterocycles. The molecule has 0 aliphatic carbocycles. The number of likely N-dealkylation sites (tertiary alicyclic amines) is 1. The number of para-hydroxylation sites is 1. The number of amides is 1. The maximum absolute atomic E-state index is 11.5. The summed E-state index contributed by atoms with van der Waals surface area (Å²) in [6.45, 7) is 5.81. The summed E-state index contributed by atoms with van der Waals surface area (Å²) in [5.74, 6) is 0.194. The maximum atomic E-state index is 11.5. The molecule has 1 aromatic carbocycles. The lowest BCUT2D eigenvalue weighted by molar-refractivity contribution is 0.100. The monoisotopic (exact) mass is 299 g/mol. The number of unbranched alkanes of at least 4 members (excludes halogenated alkanes) is 1. The van der Waals surface area contributed by atoms with Gasteiger partial charge in [-0.25, -0.2) is 0 Å². The van der Waals surface area contributed by atoms with Crippen molar-refractivity contribution in [1.82, 2.24) is 9.88 Å². The summed E-state index contributed by atoms with van der Waals surface area (Å²) in [5.41, 5.74) is 8.19. The highest BCUT2D eigenvalue weighted by Gasteiger charge is 2.22. The Balaban J connectivity index is 1.75. The van der Waals surface area contributed by atoms with Crippen LogP contribution in [0.4, 0.5) is 0 Å². The van der Waals surface area contributed by atoms with Crippen molar-refractivity contribution in [2.45, 2.75) is 38.5 Å². The minimum atomic E-state index is -0.367. The summed E-state index contributed by atoms with van der Waals surface area (Å²) in [7, 11) is 0. The predicted octanol–water partition coefficient (Wildman–Crippen LogP) is 3.25. The zero-order valence-corrected chi connectivity index (χ0v) is 13.3. The largest absolute Gasteiger partial charge is 0.366 e. The third-order valence-electron chi connectivity index (χ3n) is 4.80. The number of carbonyl (C=O) groups is 1. The smallest absolute Gasteiger partial charge is 0.250 e. The number of primary amides is 1. The summed E-state index contributed by atoms with van der Waals surface area (Å²) in [6.07, 6.45) is 4.92. The van der Waals surface area contributed by atoms with E-state index in [0.29, 0.717) is 11.5 Å². The van der Waals surface area contributed by atoms with Gasteiger partial charge in [0.25, 0.3) is 5.91 Å². The molecule has 0 atom stereocenters. The van der Waals surface area contributed by atoms with E-state index in [2.05, 4.69) is 22.9 Å². The molecule has 0 unspecified atom stereocenters. The zero-order chi connectivity index (χ0) is 15.5. The molecule has 0 bridgehead atoms. The number of H-pyrrole nitrogens is 1. The molecule has 22 heavy (non-hydrogen) atoms. The molecule has 3 rings (SSSR count). The van der Waals surface area contributed by atoms with Crippen molar-refractivity contribution in [2.24, 2.45) is 5.73 Å². The van der Waals surface area contributed by atoms with Crippen LogP contribution in [0.1, 0.15) is 54.6 Å². The molecular weight excluding hydrogens is 274 g/mol. The molecule has 1 aliphatic rings. The van der Waals surface area contributed by atoms with Gasteiger partial charge in [-0.05, 0) is 51.0 Å². The minimum Gasteiger partial charge on any atom is -0.366 e. The fraction of sp³-hybridized carbons (Fsp3) is 0.500. The molecule has 1 fully saturated rings. The number of rotatable bonds is 5. The first-order valence-electron chi connectivity index (χ1n) is 8.33. The van der Waals surface area contributed by atoms with E-state index in [1.54, 1.807) is 6.07 Å². The number of aromatic amines is 1. The maximum Gasteiger partial charge on any atom is 0.250 e. The molecule has 0 spiro atoms. The van der Waals surface area contributed by atoms with Crippen LogP contribution < -0.4 is 5.73 Å². The van der Waals surface area contributed by atoms with E-state index in [1.165, 1.54) is 51.0 Å². The molecule has 2 aromatic rings. The van der Waals surface area contributed by atoms with Gasteiger partial charge in [0.1, 0.15) is 0 Å². The average molecular weight is 299 g/mol. The Bertz CT molecular complexity index is 653. The molecule has 4 heteroatoms. The summed E-state index contributed by atoms with van der Waals surface area (Å²) < 4.78 is 0. The molecule has 118 valence electrons. The number of fused-ring (bicyclic) bond motifs is 1. The SMILES string of the molecule is CCCCN1CCC(c2cc3cccc(C(N)=O)c3[nH]2)CC1. The molecule has 4 nitrogen and oxygen atoms in total. The van der Waals surface area contributed by atoms with E-state index in [1.807, 2.05) is 12.1 Å². The Hall–Kier alpha value is -1.81. The van der Waals surface area contributed by atoms with Crippen LogP contribution in [0.15, 0.2) is 24.3 Å². The standard InChI is InChI=1S/C18H25N3O/c1-2-3-9-21-10-7-13(8-11-21)16-12-14-5-4-6-15(18(19)22)17(14)20-16/h4-6,12-13,20H,2-3,7-11H2,1H3,(H2,19,22). The Kier molecular flexibility index (Phi) is 4.48. The second kappa shape index (κ2) is 6.53. The van der Waals surface area contributed by atoms with Gasteiger partial charge in [-0.2, -0.15) is 0 Å². The first kappa shape index (κ1) is 15.1. The third kappa shape index (κ3) is 3.02. The van der Waals surface area contributed by atoms with Crippen LogP contribution in [0.3, 0.4) is 0 Å². The lowest BCUT2D eigenvalue weighted by Gasteiger charge is -2.31. The highest BCUT2D eigenvalue weighted by molar-refractivity contribution is 6.05. The topological polar surface area (TPSA) is 62.1 Å². The highest BCUT2D eigenvalue weighted by Crippen LogP contribution is 2.30. The quantitative estimate of drug-likeness (QED) is 0.890. The number of carbonyl (C=O) groups excluding carboxylic acids is 1. The minimum absolute atomic E-state index is 0.367. The van der Waals surface area contributed by atoms with E-state index in [4.69, 9.17) is 5.73 Å². The number of aromatic nitrogens is 1. The molecule has 1 amide bonds. The van der Waals surface area contributed by atoms with Crippen LogP contribution in [-0.2, 0) is 0 Å². The van der Waals surface area contributed by atoms with Gasteiger partial charge in [-0.15, -0.1) is 0 Å². The number of nitrogens with one attached hydrogen (secondary N) is 1. The number of hydrogen-bond donors (Lipinski definition) is 2. The second-order valence-electron chi connectivity index (χ2n) is 6.33. The van der Waals surface area contributed by atoms with Crippen LogP contribution in [0.25, 0.3) is 10.9 Å². The second-order valence-corrected chi connectivity index (χ2v) is 6.33. The normalized spacial score (nSPS) is 17.1. The van der Waals surface area contributed by atoms with Crippen molar-refractivity contribution >= 4 is 16.8 Å². The summed E-state index contributed by atoms with van der Waals surface area (Å²) in [6, 6.07) is 7.91. The van der Waals surface area contributed by atoms with E-state index < -0.39 is 0 Å². The van der Waals surface area contributed by atoms with Gasteiger partial charge in [0.05, 0.1) is 11.1 Å². The Morgan fingerprint density at radius 1 is 1.36 bits per heavy atom. The zero-order valence-electron chi connectivity index (χ0n) is 13.3. The predicted molar refractivity (Wildman–Crippen MR) is 90.1 cm³/mol. The van der Waals surface area contributed by atoms with Gasteiger partial charge in [0.15, 0.2) is 0 Å². The van der Waals surface area contributed by atoms with E-state index >= 15 is 0 Å². The van der Waals surface area contributed by atoms with Gasteiger partial charge >= 0.3 is 0 Å². The highest BCUT2D eigenvalue weighted by atomic mass is 16.1. The summed E-state index contributed by atoms with van der Waals surface area (Å²) >= 11 is 0. The third-order valence-corrected chi connectivity index (χ3v) is 4.80. The first-order valence-corrected chi connectivity index (χ1v) is 8.33. The summed E-state index contributed by atoms with van der Waals surface area (Å²) in [5, 5.41) is 1.08. The van der Waals surface area contributed by atoms with Crippen molar-refractivity contribution in [3.05, 3.63) is 35.5 Å². The van der Waals surface area contributed by atoms with Gasteiger partial charge < -0.3 is 15.6 Å². The van der Waals surface area contributed by atoms with Crippen molar-refractivity contribution in [3.63, 3.8) is 0 Å². The number of nitrogens with zero attached hydrogens (tertiary/aromatic N) is 1. The molecule has 0 saturated carbocycles. The number of nitrogens with two attached hydrogens (primary N) is 1. The molecule has 1 saturated heterocycles. The Labute approximate surface area is 131 Å². The van der Waals surface area contributed by atoms with Crippen molar-refractivity contribution < 1.29 is 4.79 Å². The van der Waals surface area contributed by atoms with Crippen LogP contribution in [0, 0.1) is 0 Å². The van der Waals surface area contributed by atoms with Gasteiger partial charge in [0.2, 0.25) is 0 Å². The van der Waals surface area contributed by atoms with E-state index in [-0.39, 0.29) is 5.91 Å². The number of benzene rings is 1. The Morgan fingerprint density at radius 2 is 2.14 bits per heavy atom. The molecule has 3 N–H and O–H groups in total. The fourth-order valence-corrected chi connectivity index (χ4v) is 3.45. The molecule has 1 aliphatic heterocycles. The van der Waals surface area contributed by atoms with Gasteiger partial charge in [-0.1, -0.05) is 25.5 Å². The fourth-order valence-electron chi connectivity index (χ4n) is 3.45. The van der Waals surface area contributed by atoms with Crippen molar-refractivity contribution in [1.29, 1.82) is 0 Å². The van der Waals surface area contributed by atoms with Crippen LogP contribution in [0.5, 0.6) is 0 Å². The van der Waals surface area contributed by atoms with Crippen LogP contribution in [-0.4, -0.2) is 35.4 Å². The Morgan fingerprint density at radius 3 is 2.82 bits per heavy atom. The lowest BCUT2D eigenvalue weighted by Crippen LogP contribution is -2.33. The van der Waals surface area contributed by atoms with Crippen molar-refractivity contribution in [2.75, 3.05) is 19.6 Å². The molecule has 2 heterocycles. The van der Waals surface area contributed by atoms with E-state index in [9.17, 15) is 4.79 Å². The van der Waals surface area contributed by atoms with Crippen LogP contribution in [0.2, 0.25) is 0 Å². The first-order chi connectivity index (χ1) is 10.7. The van der Waals surface area contributed by atoms with Gasteiger partial charge in [0, 0.05) is 17.0 Å². The number of piperidine rings is 1. The summed E-state index contributed by atoms with van der Waals surface area (Å²) in [4.78, 5) is 17.6. The van der Waals surface area contributed by atoms with E-state index in [0.717, 1.165) is 10.9 Å². The molecular formula is C18H25N3O. The van der Waals surface area contributed by atoms with Crippen LogP contribution >= 0.6 is 0 Å². The molecule has 0 radical (unpaired) electrons. The number of hydrogen-bond acceptors (Lipinski definition) is 2.